The van der Waals surface area contributed by atoms with Gasteiger partial charge in [-0.2, -0.15) is 10.1 Å². The van der Waals surface area contributed by atoms with Crippen LogP contribution in [-0.4, -0.2) is 24.9 Å². The topological polar surface area (TPSA) is 95.7 Å². The third-order valence-corrected chi connectivity index (χ3v) is 5.39. The quantitative estimate of drug-likeness (QED) is 0.566. The van der Waals surface area contributed by atoms with Crippen LogP contribution in [0.5, 0.6) is 0 Å². The van der Waals surface area contributed by atoms with Gasteiger partial charge in [-0.3, -0.25) is 4.68 Å². The average molecular weight is 397 g/mol. The molecule has 4 aromatic rings. The fourth-order valence-electron chi connectivity index (χ4n) is 3.69. The summed E-state index contributed by atoms with van der Waals surface area (Å²) in [6.45, 7) is 1.96. The van der Waals surface area contributed by atoms with Crippen molar-refractivity contribution in [1.82, 2.24) is 24.9 Å². The Labute approximate surface area is 168 Å². The third-order valence-electron chi connectivity index (χ3n) is 5.39. The van der Waals surface area contributed by atoms with Gasteiger partial charge >= 0.3 is 0 Å². The Morgan fingerprint density at radius 1 is 1.14 bits per heavy atom. The summed E-state index contributed by atoms with van der Waals surface area (Å²) in [6, 6.07) is 12.0. The van der Waals surface area contributed by atoms with Crippen molar-refractivity contribution in [2.45, 2.75) is 31.7 Å². The molecule has 1 saturated carbocycles. The van der Waals surface area contributed by atoms with E-state index in [0.717, 1.165) is 52.8 Å². The highest BCUT2D eigenvalue weighted by atomic mass is 35.5. The first kappa shape index (κ1) is 18.6. The summed E-state index contributed by atoms with van der Waals surface area (Å²) in [5.41, 5.74) is 10.3. The van der Waals surface area contributed by atoms with Crippen LogP contribution in [0.4, 0.5) is 0 Å². The summed E-state index contributed by atoms with van der Waals surface area (Å²) in [7, 11) is 1.89. The second-order valence-corrected chi connectivity index (χ2v) is 7.26. The van der Waals surface area contributed by atoms with Crippen molar-refractivity contribution >= 4 is 23.4 Å². The van der Waals surface area contributed by atoms with E-state index in [1.165, 1.54) is 0 Å². The molecule has 3 heterocycles. The Kier molecular flexibility index (Phi) is 4.44. The maximum atomic E-state index is 6.37. The standard InChI is InChI=1S/C20H20N6O.ClH/c1-12-16-14(18-23-19(25-27-18)20(21)9-6-10-20)11-15(13-7-4-3-5-8-13)22-17(16)26(2)24-12;/h3-5,7-8,11H,6,9-10,21H2,1-2H3;1H. The molecule has 3 aromatic heterocycles. The van der Waals surface area contributed by atoms with E-state index in [4.69, 9.17) is 15.2 Å². The molecule has 0 radical (unpaired) electrons. The second kappa shape index (κ2) is 6.68. The van der Waals surface area contributed by atoms with Crippen LogP contribution < -0.4 is 5.73 Å². The van der Waals surface area contributed by atoms with E-state index in [0.29, 0.717) is 11.7 Å². The molecular weight excluding hydrogens is 376 g/mol. The lowest BCUT2D eigenvalue weighted by molar-refractivity contribution is 0.229. The van der Waals surface area contributed by atoms with Gasteiger partial charge in [-0.1, -0.05) is 35.5 Å². The maximum absolute atomic E-state index is 6.37. The molecule has 0 amide bonds. The molecule has 0 aliphatic heterocycles. The number of fused-ring (bicyclic) bond motifs is 1. The van der Waals surface area contributed by atoms with E-state index in [1.807, 2.05) is 50.4 Å². The number of aryl methyl sites for hydroxylation is 2. The summed E-state index contributed by atoms with van der Waals surface area (Å²) in [5, 5.41) is 9.63. The number of hydrogen-bond donors (Lipinski definition) is 1. The van der Waals surface area contributed by atoms with E-state index >= 15 is 0 Å². The molecule has 0 unspecified atom stereocenters. The number of rotatable bonds is 3. The molecule has 7 nitrogen and oxygen atoms in total. The van der Waals surface area contributed by atoms with Gasteiger partial charge < -0.3 is 10.3 Å². The number of benzene rings is 1. The number of aromatic nitrogens is 5. The molecule has 1 fully saturated rings. The zero-order valence-electron chi connectivity index (χ0n) is 15.7. The number of pyridine rings is 1. The lowest BCUT2D eigenvalue weighted by Crippen LogP contribution is -2.44. The molecule has 8 heteroatoms. The lowest BCUT2D eigenvalue weighted by atomic mass is 9.77. The molecule has 0 bridgehead atoms. The molecule has 28 heavy (non-hydrogen) atoms. The van der Waals surface area contributed by atoms with Gasteiger partial charge in [-0.25, -0.2) is 4.98 Å². The Morgan fingerprint density at radius 2 is 1.89 bits per heavy atom. The number of hydrogen-bond acceptors (Lipinski definition) is 6. The molecule has 1 aromatic carbocycles. The SMILES string of the molecule is Cc1nn(C)c2nc(-c3ccccc3)cc(-c3nc(C4(N)CCC4)no3)c12.Cl. The molecule has 2 N–H and O–H groups in total. The molecule has 0 atom stereocenters. The van der Waals surface area contributed by atoms with Gasteiger partial charge in [0.15, 0.2) is 11.5 Å². The van der Waals surface area contributed by atoms with Crippen molar-refractivity contribution in [2.75, 3.05) is 0 Å². The highest BCUT2D eigenvalue weighted by Crippen LogP contribution is 2.39. The Bertz CT molecular complexity index is 1150. The van der Waals surface area contributed by atoms with Gasteiger partial charge in [-0.15, -0.1) is 12.4 Å². The summed E-state index contributed by atoms with van der Waals surface area (Å²) < 4.78 is 7.42. The van der Waals surface area contributed by atoms with Crippen LogP contribution in [0.25, 0.3) is 33.7 Å². The predicted octanol–water partition coefficient (Wildman–Crippen LogP) is 3.75. The molecule has 1 aliphatic carbocycles. The van der Waals surface area contributed by atoms with Crippen molar-refractivity contribution < 1.29 is 4.52 Å². The van der Waals surface area contributed by atoms with Gasteiger partial charge in [0.05, 0.1) is 27.9 Å². The minimum absolute atomic E-state index is 0. The van der Waals surface area contributed by atoms with E-state index in [-0.39, 0.29) is 12.4 Å². The van der Waals surface area contributed by atoms with Crippen LogP contribution >= 0.6 is 12.4 Å². The van der Waals surface area contributed by atoms with Crippen LogP contribution in [0.2, 0.25) is 0 Å². The normalized spacial score (nSPS) is 15.2. The Hall–Kier alpha value is -2.77. The first-order chi connectivity index (χ1) is 13.0. The van der Waals surface area contributed by atoms with Crippen molar-refractivity contribution in [3.63, 3.8) is 0 Å². The third kappa shape index (κ3) is 2.78. The van der Waals surface area contributed by atoms with Gasteiger partial charge in [0, 0.05) is 12.6 Å². The van der Waals surface area contributed by atoms with E-state index in [9.17, 15) is 0 Å². The lowest BCUT2D eigenvalue weighted by Gasteiger charge is -2.34. The van der Waals surface area contributed by atoms with Gasteiger partial charge in [0.1, 0.15) is 0 Å². The van der Waals surface area contributed by atoms with Crippen LogP contribution in [0.1, 0.15) is 30.8 Å². The largest absolute Gasteiger partial charge is 0.334 e. The van der Waals surface area contributed by atoms with Crippen LogP contribution in [0, 0.1) is 6.92 Å². The van der Waals surface area contributed by atoms with Gasteiger partial charge in [0.25, 0.3) is 5.89 Å². The molecule has 1 aliphatic rings. The maximum Gasteiger partial charge on any atom is 0.258 e. The average Bonchev–Trinajstić information content (AvgIpc) is 3.26. The minimum atomic E-state index is -0.458. The highest BCUT2D eigenvalue weighted by molar-refractivity contribution is 5.95. The molecule has 5 rings (SSSR count). The zero-order chi connectivity index (χ0) is 18.6. The first-order valence-electron chi connectivity index (χ1n) is 9.08. The van der Waals surface area contributed by atoms with Crippen molar-refractivity contribution in [3.05, 3.63) is 47.9 Å². The molecule has 144 valence electrons. The summed E-state index contributed by atoms with van der Waals surface area (Å²) in [4.78, 5) is 9.46. The van der Waals surface area contributed by atoms with Crippen molar-refractivity contribution in [3.8, 4) is 22.7 Å². The number of nitrogens with zero attached hydrogens (tertiary/aromatic N) is 5. The molecule has 0 saturated heterocycles. The van der Waals surface area contributed by atoms with Crippen LogP contribution in [0.15, 0.2) is 40.9 Å². The Morgan fingerprint density at radius 3 is 2.57 bits per heavy atom. The summed E-state index contributed by atoms with van der Waals surface area (Å²) in [6.07, 6.45) is 2.87. The second-order valence-electron chi connectivity index (χ2n) is 7.26. The van der Waals surface area contributed by atoms with Crippen molar-refractivity contribution in [1.29, 1.82) is 0 Å². The monoisotopic (exact) mass is 396 g/mol. The van der Waals surface area contributed by atoms with E-state index < -0.39 is 5.54 Å². The molecule has 0 spiro atoms. The number of halogens is 1. The van der Waals surface area contributed by atoms with Crippen LogP contribution in [0.3, 0.4) is 0 Å². The van der Waals surface area contributed by atoms with Gasteiger partial charge in [-0.05, 0) is 32.3 Å². The minimum Gasteiger partial charge on any atom is -0.334 e. The highest BCUT2D eigenvalue weighted by Gasteiger charge is 2.39. The predicted molar refractivity (Wildman–Crippen MR) is 109 cm³/mol. The molecular formula is C20H21ClN6O. The van der Waals surface area contributed by atoms with Gasteiger partial charge in [0.2, 0.25) is 0 Å². The fourth-order valence-corrected chi connectivity index (χ4v) is 3.69. The number of nitrogens with two attached hydrogens (primary N) is 1. The summed E-state index contributed by atoms with van der Waals surface area (Å²) >= 11 is 0. The van der Waals surface area contributed by atoms with E-state index in [2.05, 4.69) is 15.2 Å². The van der Waals surface area contributed by atoms with Crippen LogP contribution in [-0.2, 0) is 12.6 Å². The first-order valence-corrected chi connectivity index (χ1v) is 9.08. The van der Waals surface area contributed by atoms with Crippen molar-refractivity contribution in [2.24, 2.45) is 12.8 Å². The fraction of sp³-hybridized carbons (Fsp3) is 0.300. The summed E-state index contributed by atoms with van der Waals surface area (Å²) in [5.74, 6) is 1.04. The zero-order valence-corrected chi connectivity index (χ0v) is 16.5. The Balaban J connectivity index is 0.00000192. The van der Waals surface area contributed by atoms with E-state index in [1.54, 1.807) is 4.68 Å². The smallest absolute Gasteiger partial charge is 0.258 e.